The summed E-state index contributed by atoms with van der Waals surface area (Å²) >= 11 is 0. The normalized spacial score (nSPS) is 33.7. The van der Waals surface area contributed by atoms with E-state index in [0.29, 0.717) is 12.0 Å². The van der Waals surface area contributed by atoms with Gasteiger partial charge in [-0.25, -0.2) is 0 Å². The summed E-state index contributed by atoms with van der Waals surface area (Å²) in [6.07, 6.45) is 4.82. The van der Waals surface area contributed by atoms with E-state index in [2.05, 4.69) is 33.0 Å². The molecule has 2 heteroatoms. The Bertz CT molecular complexity index is 225. The fourth-order valence-corrected chi connectivity index (χ4v) is 3.12. The van der Waals surface area contributed by atoms with Crippen molar-refractivity contribution in [3.8, 4) is 0 Å². The Hall–Kier alpha value is -0.0800. The Morgan fingerprint density at radius 3 is 2.53 bits per heavy atom. The molecule has 4 unspecified atom stereocenters. The summed E-state index contributed by atoms with van der Waals surface area (Å²) < 4.78 is 0. The molecule has 1 aliphatic carbocycles. The molecule has 1 fully saturated rings. The van der Waals surface area contributed by atoms with Crippen LogP contribution in [0.1, 0.15) is 60.3 Å². The van der Waals surface area contributed by atoms with Gasteiger partial charge in [-0.2, -0.15) is 0 Å². The fraction of sp³-hybridized carbons (Fsp3) is 1.00. The van der Waals surface area contributed by atoms with Gasteiger partial charge in [0.25, 0.3) is 0 Å². The SMILES string of the molecule is CC(C)CC(C)(O)CNC1CC(C)CCC1C. The van der Waals surface area contributed by atoms with Crippen LogP contribution in [0, 0.1) is 17.8 Å². The van der Waals surface area contributed by atoms with Crippen molar-refractivity contribution < 1.29 is 5.11 Å². The molecule has 2 nitrogen and oxygen atoms in total. The van der Waals surface area contributed by atoms with Gasteiger partial charge in [0.05, 0.1) is 5.60 Å². The summed E-state index contributed by atoms with van der Waals surface area (Å²) in [4.78, 5) is 0. The second-order valence-corrected chi connectivity index (χ2v) is 6.98. The van der Waals surface area contributed by atoms with Gasteiger partial charge in [0.15, 0.2) is 0 Å². The number of rotatable bonds is 5. The van der Waals surface area contributed by atoms with E-state index >= 15 is 0 Å². The highest BCUT2D eigenvalue weighted by atomic mass is 16.3. The quantitative estimate of drug-likeness (QED) is 0.775. The van der Waals surface area contributed by atoms with Crippen LogP contribution in [0.15, 0.2) is 0 Å². The highest BCUT2D eigenvalue weighted by Gasteiger charge is 2.28. The lowest BCUT2D eigenvalue weighted by molar-refractivity contribution is 0.0311. The molecule has 0 spiro atoms. The highest BCUT2D eigenvalue weighted by molar-refractivity contribution is 4.85. The summed E-state index contributed by atoms with van der Waals surface area (Å²) in [5.41, 5.74) is -0.561. The summed E-state index contributed by atoms with van der Waals surface area (Å²) in [6, 6.07) is 0.595. The van der Waals surface area contributed by atoms with Crippen molar-refractivity contribution in [1.82, 2.24) is 5.32 Å². The van der Waals surface area contributed by atoms with Crippen LogP contribution in [0.2, 0.25) is 0 Å². The minimum Gasteiger partial charge on any atom is -0.389 e. The van der Waals surface area contributed by atoms with Crippen molar-refractivity contribution in [2.24, 2.45) is 17.8 Å². The van der Waals surface area contributed by atoms with E-state index in [4.69, 9.17) is 0 Å². The van der Waals surface area contributed by atoms with Crippen LogP contribution in [0.3, 0.4) is 0 Å². The molecular weight excluding hydrogens is 210 g/mol. The van der Waals surface area contributed by atoms with Crippen LogP contribution < -0.4 is 5.32 Å². The van der Waals surface area contributed by atoms with Gasteiger partial charge in [0.1, 0.15) is 0 Å². The maximum absolute atomic E-state index is 10.3. The first-order valence-corrected chi connectivity index (χ1v) is 7.26. The second-order valence-electron chi connectivity index (χ2n) is 6.98. The number of nitrogens with one attached hydrogen (secondary N) is 1. The molecular formula is C15H31NO. The smallest absolute Gasteiger partial charge is 0.0746 e. The summed E-state index contributed by atoms with van der Waals surface area (Å²) in [6.45, 7) is 11.7. The predicted molar refractivity (Wildman–Crippen MR) is 74.0 cm³/mol. The summed E-state index contributed by atoms with van der Waals surface area (Å²) in [5, 5.41) is 13.9. The Kier molecular flexibility index (Phi) is 5.46. The molecule has 0 aromatic rings. The van der Waals surface area contributed by atoms with Gasteiger partial charge in [-0.1, -0.05) is 34.1 Å². The van der Waals surface area contributed by atoms with Crippen molar-refractivity contribution in [3.63, 3.8) is 0 Å². The Balaban J connectivity index is 2.38. The largest absolute Gasteiger partial charge is 0.389 e. The minimum atomic E-state index is -0.561. The highest BCUT2D eigenvalue weighted by Crippen LogP contribution is 2.28. The van der Waals surface area contributed by atoms with E-state index in [-0.39, 0.29) is 0 Å². The lowest BCUT2D eigenvalue weighted by Crippen LogP contribution is -2.47. The topological polar surface area (TPSA) is 32.3 Å². The molecule has 1 saturated carbocycles. The molecule has 0 amide bonds. The van der Waals surface area contributed by atoms with Crippen molar-refractivity contribution in [2.75, 3.05) is 6.54 Å². The maximum Gasteiger partial charge on any atom is 0.0746 e. The standard InChI is InChI=1S/C15H31NO/c1-11(2)9-15(5,17)10-16-14-8-12(3)6-7-13(14)4/h11-14,16-17H,6-10H2,1-5H3. The molecule has 0 bridgehead atoms. The predicted octanol–water partition coefficient (Wildman–Crippen LogP) is 3.20. The molecule has 0 aromatic heterocycles. The molecule has 0 aromatic carbocycles. The van der Waals surface area contributed by atoms with Crippen LogP contribution in [0.4, 0.5) is 0 Å². The van der Waals surface area contributed by atoms with Crippen LogP contribution in [0.5, 0.6) is 0 Å². The third kappa shape index (κ3) is 5.39. The number of hydrogen-bond acceptors (Lipinski definition) is 2. The molecule has 0 aliphatic heterocycles. The lowest BCUT2D eigenvalue weighted by atomic mass is 9.79. The van der Waals surface area contributed by atoms with Gasteiger partial charge in [-0.3, -0.25) is 0 Å². The first kappa shape index (κ1) is 15.0. The van der Waals surface area contributed by atoms with Crippen molar-refractivity contribution in [3.05, 3.63) is 0 Å². The lowest BCUT2D eigenvalue weighted by Gasteiger charge is -2.36. The zero-order valence-corrected chi connectivity index (χ0v) is 12.3. The van der Waals surface area contributed by atoms with Crippen molar-refractivity contribution in [2.45, 2.75) is 71.9 Å². The van der Waals surface area contributed by atoms with Crippen LogP contribution in [-0.4, -0.2) is 23.3 Å². The maximum atomic E-state index is 10.3. The summed E-state index contributed by atoms with van der Waals surface area (Å²) in [7, 11) is 0. The Morgan fingerprint density at radius 1 is 1.29 bits per heavy atom. The molecule has 0 heterocycles. The van der Waals surface area contributed by atoms with Gasteiger partial charge in [0.2, 0.25) is 0 Å². The second kappa shape index (κ2) is 6.19. The Labute approximate surface area is 107 Å². The number of aliphatic hydroxyl groups is 1. The average Bonchev–Trinajstić information content (AvgIpc) is 2.17. The average molecular weight is 241 g/mol. The van der Waals surface area contributed by atoms with Crippen LogP contribution >= 0.6 is 0 Å². The zero-order valence-electron chi connectivity index (χ0n) is 12.3. The Morgan fingerprint density at radius 2 is 1.94 bits per heavy atom. The zero-order chi connectivity index (χ0) is 13.1. The molecule has 102 valence electrons. The molecule has 1 rings (SSSR count). The van der Waals surface area contributed by atoms with Crippen molar-refractivity contribution in [1.29, 1.82) is 0 Å². The van der Waals surface area contributed by atoms with E-state index in [1.54, 1.807) is 0 Å². The molecule has 4 atom stereocenters. The van der Waals surface area contributed by atoms with E-state index in [1.165, 1.54) is 19.3 Å². The van der Waals surface area contributed by atoms with E-state index in [1.807, 2.05) is 6.92 Å². The molecule has 0 saturated heterocycles. The third-order valence-electron chi connectivity index (χ3n) is 4.05. The van der Waals surface area contributed by atoms with Gasteiger partial charge in [-0.15, -0.1) is 0 Å². The van der Waals surface area contributed by atoms with Gasteiger partial charge >= 0.3 is 0 Å². The van der Waals surface area contributed by atoms with Gasteiger partial charge < -0.3 is 10.4 Å². The van der Waals surface area contributed by atoms with E-state index in [9.17, 15) is 5.11 Å². The number of hydrogen-bond donors (Lipinski definition) is 2. The van der Waals surface area contributed by atoms with Gasteiger partial charge in [-0.05, 0) is 43.9 Å². The third-order valence-corrected chi connectivity index (χ3v) is 4.05. The summed E-state index contributed by atoms with van der Waals surface area (Å²) in [5.74, 6) is 2.13. The van der Waals surface area contributed by atoms with E-state index < -0.39 is 5.60 Å². The first-order chi connectivity index (χ1) is 7.80. The van der Waals surface area contributed by atoms with Crippen LogP contribution in [-0.2, 0) is 0 Å². The monoisotopic (exact) mass is 241 g/mol. The molecule has 2 N–H and O–H groups in total. The molecule has 17 heavy (non-hydrogen) atoms. The molecule has 1 aliphatic rings. The van der Waals surface area contributed by atoms with E-state index in [0.717, 1.165) is 24.8 Å². The molecule has 0 radical (unpaired) electrons. The van der Waals surface area contributed by atoms with Crippen LogP contribution in [0.25, 0.3) is 0 Å². The van der Waals surface area contributed by atoms with Crippen molar-refractivity contribution >= 4 is 0 Å². The first-order valence-electron chi connectivity index (χ1n) is 7.26. The minimum absolute atomic E-state index is 0.550. The van der Waals surface area contributed by atoms with Gasteiger partial charge in [0, 0.05) is 12.6 Å². The fourth-order valence-electron chi connectivity index (χ4n) is 3.12.